The van der Waals surface area contributed by atoms with Crippen molar-refractivity contribution in [2.24, 2.45) is 7.05 Å². The van der Waals surface area contributed by atoms with Crippen LogP contribution >= 0.6 is 0 Å². The van der Waals surface area contributed by atoms with Gasteiger partial charge in [0.25, 0.3) is 0 Å². The Balaban J connectivity index is 1.94. The number of piperidine rings is 1. The minimum absolute atomic E-state index is 0.477. The van der Waals surface area contributed by atoms with Crippen LogP contribution in [0.4, 0.5) is 0 Å². The van der Waals surface area contributed by atoms with Gasteiger partial charge in [-0.25, -0.2) is 4.98 Å². The lowest BCUT2D eigenvalue weighted by Crippen LogP contribution is -2.47. The van der Waals surface area contributed by atoms with Crippen molar-refractivity contribution in [2.75, 3.05) is 0 Å². The number of fused-ring (bicyclic) bond motifs is 2. The molecule has 2 fully saturated rings. The predicted octanol–water partition coefficient (Wildman–Crippen LogP) is 0.522. The van der Waals surface area contributed by atoms with Gasteiger partial charge in [0, 0.05) is 31.5 Å². The van der Waals surface area contributed by atoms with E-state index in [1.807, 2.05) is 17.8 Å². The first-order chi connectivity index (χ1) is 7.17. The van der Waals surface area contributed by atoms with Crippen LogP contribution < -0.4 is 5.32 Å². The van der Waals surface area contributed by atoms with E-state index >= 15 is 0 Å². The first-order valence-corrected chi connectivity index (χ1v) is 5.64. The number of hydrogen-bond acceptors (Lipinski definition) is 3. The SMILES string of the molecule is Cn1ccnc1C1(O)CC2CCC(C1)N2. The van der Waals surface area contributed by atoms with Crippen molar-refractivity contribution >= 4 is 0 Å². The lowest BCUT2D eigenvalue weighted by molar-refractivity contribution is -0.0215. The summed E-state index contributed by atoms with van der Waals surface area (Å²) in [6, 6.07) is 0.955. The molecule has 1 aromatic heterocycles. The highest BCUT2D eigenvalue weighted by atomic mass is 16.3. The van der Waals surface area contributed by atoms with Crippen molar-refractivity contribution < 1.29 is 5.11 Å². The van der Waals surface area contributed by atoms with Crippen molar-refractivity contribution in [2.45, 2.75) is 43.4 Å². The normalized spacial score (nSPS) is 39.6. The quantitative estimate of drug-likeness (QED) is 0.706. The zero-order chi connectivity index (χ0) is 10.5. The third-order valence-electron chi connectivity index (χ3n) is 3.74. The standard InChI is InChI=1S/C11H17N3O/c1-14-5-4-12-10(14)11(15)6-8-2-3-9(7-11)13-8/h4-5,8-9,13,15H,2-3,6-7H2,1H3. The molecule has 1 aromatic rings. The Hall–Kier alpha value is -0.870. The molecule has 2 aliphatic heterocycles. The summed E-state index contributed by atoms with van der Waals surface area (Å²) in [6.07, 6.45) is 7.64. The summed E-state index contributed by atoms with van der Waals surface area (Å²) in [5.74, 6) is 0.820. The van der Waals surface area contributed by atoms with E-state index in [1.165, 1.54) is 12.8 Å². The minimum atomic E-state index is -0.713. The molecule has 0 saturated carbocycles. The molecular formula is C11H17N3O. The number of nitrogens with one attached hydrogen (secondary N) is 1. The summed E-state index contributed by atoms with van der Waals surface area (Å²) in [5.41, 5.74) is -0.713. The third-order valence-corrected chi connectivity index (χ3v) is 3.74. The lowest BCUT2D eigenvalue weighted by atomic mass is 9.87. The van der Waals surface area contributed by atoms with Gasteiger partial charge in [-0.2, -0.15) is 0 Å². The van der Waals surface area contributed by atoms with Crippen LogP contribution in [0, 0.1) is 0 Å². The zero-order valence-corrected chi connectivity index (χ0v) is 8.98. The second-order valence-electron chi connectivity index (χ2n) is 4.94. The number of imidazole rings is 1. The molecule has 3 heterocycles. The van der Waals surface area contributed by atoms with Crippen LogP contribution in [0.15, 0.2) is 12.4 Å². The van der Waals surface area contributed by atoms with Crippen molar-refractivity contribution in [1.29, 1.82) is 0 Å². The zero-order valence-electron chi connectivity index (χ0n) is 8.98. The molecule has 2 saturated heterocycles. The number of rotatable bonds is 1. The average Bonchev–Trinajstić information content (AvgIpc) is 2.73. The van der Waals surface area contributed by atoms with Crippen LogP contribution in [0.25, 0.3) is 0 Å². The van der Waals surface area contributed by atoms with E-state index in [0.29, 0.717) is 12.1 Å². The molecule has 4 nitrogen and oxygen atoms in total. The van der Waals surface area contributed by atoms with E-state index in [4.69, 9.17) is 0 Å². The van der Waals surface area contributed by atoms with Crippen molar-refractivity contribution in [3.05, 3.63) is 18.2 Å². The maximum atomic E-state index is 10.7. The van der Waals surface area contributed by atoms with Gasteiger partial charge >= 0.3 is 0 Å². The van der Waals surface area contributed by atoms with E-state index in [1.54, 1.807) is 6.20 Å². The minimum Gasteiger partial charge on any atom is -0.382 e. The molecule has 0 aliphatic carbocycles. The molecule has 4 heteroatoms. The second-order valence-corrected chi connectivity index (χ2v) is 4.94. The fourth-order valence-corrected chi connectivity index (χ4v) is 3.12. The molecule has 2 bridgehead atoms. The maximum Gasteiger partial charge on any atom is 0.140 e. The fourth-order valence-electron chi connectivity index (χ4n) is 3.12. The van der Waals surface area contributed by atoms with Gasteiger partial charge in [-0.3, -0.25) is 0 Å². The van der Waals surface area contributed by atoms with Gasteiger partial charge in [0.2, 0.25) is 0 Å². The molecule has 0 amide bonds. The topological polar surface area (TPSA) is 50.1 Å². The molecule has 0 radical (unpaired) electrons. The summed E-state index contributed by atoms with van der Waals surface area (Å²) in [5, 5.41) is 14.2. The van der Waals surface area contributed by atoms with Crippen LogP contribution in [0.1, 0.15) is 31.5 Å². The summed E-state index contributed by atoms with van der Waals surface area (Å²) in [7, 11) is 1.95. The van der Waals surface area contributed by atoms with E-state index in [-0.39, 0.29) is 0 Å². The van der Waals surface area contributed by atoms with Gasteiger partial charge in [-0.05, 0) is 25.7 Å². The first-order valence-electron chi connectivity index (χ1n) is 5.64. The van der Waals surface area contributed by atoms with Crippen LogP contribution in [0.2, 0.25) is 0 Å². The molecule has 0 spiro atoms. The molecule has 2 N–H and O–H groups in total. The Morgan fingerprint density at radius 3 is 2.67 bits per heavy atom. The Bertz CT molecular complexity index is 362. The van der Waals surface area contributed by atoms with Crippen LogP contribution in [0.3, 0.4) is 0 Å². The van der Waals surface area contributed by atoms with Gasteiger partial charge in [0.15, 0.2) is 0 Å². The van der Waals surface area contributed by atoms with Gasteiger partial charge in [0.1, 0.15) is 11.4 Å². The second kappa shape index (κ2) is 3.06. The summed E-state index contributed by atoms with van der Waals surface area (Å²) in [6.45, 7) is 0. The molecule has 0 aromatic carbocycles. The van der Waals surface area contributed by atoms with E-state index in [9.17, 15) is 5.11 Å². The van der Waals surface area contributed by atoms with Gasteiger partial charge in [-0.1, -0.05) is 0 Å². The Morgan fingerprint density at radius 1 is 1.47 bits per heavy atom. The van der Waals surface area contributed by atoms with E-state index < -0.39 is 5.60 Å². The van der Waals surface area contributed by atoms with Crippen molar-refractivity contribution in [3.8, 4) is 0 Å². The van der Waals surface area contributed by atoms with Gasteiger partial charge in [-0.15, -0.1) is 0 Å². The van der Waals surface area contributed by atoms with Crippen LogP contribution in [0.5, 0.6) is 0 Å². The maximum absolute atomic E-state index is 10.7. The average molecular weight is 207 g/mol. The van der Waals surface area contributed by atoms with Gasteiger partial charge in [0.05, 0.1) is 0 Å². The number of aryl methyl sites for hydroxylation is 1. The van der Waals surface area contributed by atoms with Crippen molar-refractivity contribution in [3.63, 3.8) is 0 Å². The Kier molecular flexibility index (Phi) is 1.91. The van der Waals surface area contributed by atoms with Crippen molar-refractivity contribution in [1.82, 2.24) is 14.9 Å². The Labute approximate surface area is 89.3 Å². The fraction of sp³-hybridized carbons (Fsp3) is 0.727. The first kappa shape index (κ1) is 9.36. The summed E-state index contributed by atoms with van der Waals surface area (Å²) in [4.78, 5) is 4.29. The monoisotopic (exact) mass is 207 g/mol. The van der Waals surface area contributed by atoms with Crippen LogP contribution in [-0.2, 0) is 12.6 Å². The number of hydrogen-bond donors (Lipinski definition) is 2. The van der Waals surface area contributed by atoms with Gasteiger partial charge < -0.3 is 15.0 Å². The number of nitrogens with zero attached hydrogens (tertiary/aromatic N) is 2. The highest BCUT2D eigenvalue weighted by Crippen LogP contribution is 2.39. The molecular weight excluding hydrogens is 190 g/mol. The van der Waals surface area contributed by atoms with E-state index in [2.05, 4.69) is 10.3 Å². The Morgan fingerprint density at radius 2 is 2.13 bits per heavy atom. The molecule has 3 rings (SSSR count). The number of aliphatic hydroxyl groups is 1. The lowest BCUT2D eigenvalue weighted by Gasteiger charge is -2.36. The van der Waals surface area contributed by atoms with Crippen LogP contribution in [-0.4, -0.2) is 26.7 Å². The molecule has 2 atom stereocenters. The third kappa shape index (κ3) is 1.40. The smallest absolute Gasteiger partial charge is 0.140 e. The summed E-state index contributed by atoms with van der Waals surface area (Å²) < 4.78 is 1.94. The highest BCUT2D eigenvalue weighted by Gasteiger charge is 2.45. The summed E-state index contributed by atoms with van der Waals surface area (Å²) >= 11 is 0. The number of aromatic nitrogens is 2. The molecule has 15 heavy (non-hydrogen) atoms. The van der Waals surface area contributed by atoms with E-state index in [0.717, 1.165) is 18.7 Å². The highest BCUT2D eigenvalue weighted by molar-refractivity contribution is 5.11. The molecule has 2 unspecified atom stereocenters. The predicted molar refractivity (Wildman–Crippen MR) is 56.3 cm³/mol. The molecule has 82 valence electrons. The largest absolute Gasteiger partial charge is 0.382 e. The molecule has 2 aliphatic rings.